The van der Waals surface area contributed by atoms with Gasteiger partial charge in [-0.15, -0.1) is 0 Å². The molecule has 1 aliphatic heterocycles. The summed E-state index contributed by atoms with van der Waals surface area (Å²) in [5.41, 5.74) is 1.44. The molecule has 3 nitrogen and oxygen atoms in total. The normalized spacial score (nSPS) is 13.8. The summed E-state index contributed by atoms with van der Waals surface area (Å²) in [5.74, 6) is 0. The van der Waals surface area contributed by atoms with Crippen LogP contribution in [-0.4, -0.2) is 37.4 Å². The van der Waals surface area contributed by atoms with Gasteiger partial charge in [0.25, 0.3) is 0 Å². The van der Waals surface area contributed by atoms with Crippen LogP contribution in [0.1, 0.15) is 31.2 Å². The molecule has 1 aromatic rings. The summed E-state index contributed by atoms with van der Waals surface area (Å²) in [4.78, 5) is 6.51. The number of hydrogen-bond donors (Lipinski definition) is 1. The third-order valence-corrected chi connectivity index (χ3v) is 3.71. The Morgan fingerprint density at radius 1 is 1.00 bits per heavy atom. The first-order valence-electron chi connectivity index (χ1n) is 8.10. The third-order valence-electron chi connectivity index (χ3n) is 3.71. The highest BCUT2D eigenvalue weighted by molar-refractivity contribution is 5.71. The van der Waals surface area contributed by atoms with Crippen LogP contribution in [0.25, 0.3) is 0 Å². The highest BCUT2D eigenvalue weighted by atomic mass is 15.2. The van der Waals surface area contributed by atoms with E-state index in [1.807, 2.05) is 12.3 Å². The maximum absolute atomic E-state index is 4.23. The summed E-state index contributed by atoms with van der Waals surface area (Å²) < 4.78 is 0. The molecule has 0 aromatic heterocycles. The quantitative estimate of drug-likeness (QED) is 0.668. The molecule has 3 heteroatoms. The largest absolute Gasteiger partial charge is 0.358 e. The number of aryl methyl sites for hydroxylation is 1. The van der Waals surface area contributed by atoms with Crippen molar-refractivity contribution in [3.63, 3.8) is 0 Å². The average Bonchev–Trinajstić information content (AvgIpc) is 2.55. The standard InChI is InChI=1S/C18H27N3/c1-3-9-18(10-4-1)11-7-13-19-12-5-2-6-15-21-16-8-14-20-17-21/h1,3-4,8-10,14,16,19H,2,5-7,11-13,15,17H2. The first-order chi connectivity index (χ1) is 10.4. The predicted molar refractivity (Wildman–Crippen MR) is 90.7 cm³/mol. The first-order valence-corrected chi connectivity index (χ1v) is 8.10. The van der Waals surface area contributed by atoms with E-state index in [9.17, 15) is 0 Å². The molecule has 0 saturated carbocycles. The van der Waals surface area contributed by atoms with Crippen molar-refractivity contribution in [3.05, 3.63) is 48.2 Å². The molecule has 0 fully saturated rings. The molecule has 0 spiro atoms. The van der Waals surface area contributed by atoms with Gasteiger partial charge in [-0.1, -0.05) is 36.8 Å². The van der Waals surface area contributed by atoms with Crippen LogP contribution in [0.2, 0.25) is 0 Å². The molecule has 1 N–H and O–H groups in total. The molecule has 1 heterocycles. The number of benzene rings is 1. The van der Waals surface area contributed by atoms with Gasteiger partial charge in [0, 0.05) is 19.0 Å². The number of allylic oxidation sites excluding steroid dienone is 1. The second kappa shape index (κ2) is 10.2. The number of hydrogen-bond acceptors (Lipinski definition) is 3. The Morgan fingerprint density at radius 3 is 2.67 bits per heavy atom. The number of rotatable bonds is 10. The van der Waals surface area contributed by atoms with Crippen molar-refractivity contribution in [2.45, 2.75) is 32.1 Å². The molecule has 0 atom stereocenters. The Morgan fingerprint density at radius 2 is 1.86 bits per heavy atom. The molecule has 2 rings (SSSR count). The van der Waals surface area contributed by atoms with Gasteiger partial charge in [0.1, 0.15) is 6.67 Å². The van der Waals surface area contributed by atoms with Gasteiger partial charge < -0.3 is 10.2 Å². The smallest absolute Gasteiger partial charge is 0.109 e. The van der Waals surface area contributed by atoms with Gasteiger partial charge in [-0.3, -0.25) is 4.99 Å². The second-order valence-electron chi connectivity index (χ2n) is 5.53. The molecular weight excluding hydrogens is 258 g/mol. The van der Waals surface area contributed by atoms with Crippen LogP contribution in [-0.2, 0) is 6.42 Å². The lowest BCUT2D eigenvalue weighted by Crippen LogP contribution is -2.21. The highest BCUT2D eigenvalue weighted by Gasteiger charge is 1.99. The lowest BCUT2D eigenvalue weighted by atomic mass is 10.1. The van der Waals surface area contributed by atoms with Gasteiger partial charge in [-0.2, -0.15) is 0 Å². The third kappa shape index (κ3) is 7.09. The second-order valence-corrected chi connectivity index (χ2v) is 5.53. The first kappa shape index (κ1) is 15.8. The summed E-state index contributed by atoms with van der Waals surface area (Å²) in [6.07, 6.45) is 12.2. The predicted octanol–water partition coefficient (Wildman–Crippen LogP) is 3.24. The van der Waals surface area contributed by atoms with E-state index in [4.69, 9.17) is 0 Å². The van der Waals surface area contributed by atoms with E-state index in [-0.39, 0.29) is 0 Å². The van der Waals surface area contributed by atoms with Crippen LogP contribution in [0.15, 0.2) is 47.6 Å². The molecule has 0 saturated heterocycles. The van der Waals surface area contributed by atoms with Crippen molar-refractivity contribution in [2.75, 3.05) is 26.3 Å². The Labute approximate surface area is 128 Å². The average molecular weight is 285 g/mol. The fourth-order valence-corrected chi connectivity index (χ4v) is 2.49. The van der Waals surface area contributed by atoms with Crippen LogP contribution >= 0.6 is 0 Å². The van der Waals surface area contributed by atoms with Crippen LogP contribution in [0.3, 0.4) is 0 Å². The van der Waals surface area contributed by atoms with E-state index in [0.717, 1.165) is 26.3 Å². The van der Waals surface area contributed by atoms with Crippen molar-refractivity contribution >= 4 is 6.21 Å². The maximum atomic E-state index is 4.23. The van der Waals surface area contributed by atoms with Gasteiger partial charge in [-0.25, -0.2) is 0 Å². The van der Waals surface area contributed by atoms with Crippen molar-refractivity contribution in [3.8, 4) is 0 Å². The molecule has 0 amide bonds. The summed E-state index contributed by atoms with van der Waals surface area (Å²) in [6.45, 7) is 4.22. The molecule has 0 unspecified atom stereocenters. The van der Waals surface area contributed by atoms with Crippen molar-refractivity contribution in [1.29, 1.82) is 0 Å². The molecule has 21 heavy (non-hydrogen) atoms. The van der Waals surface area contributed by atoms with E-state index in [0.29, 0.717) is 0 Å². The number of aliphatic imine (C=N–C) groups is 1. The number of unbranched alkanes of at least 4 members (excludes halogenated alkanes) is 2. The molecular formula is C18H27N3. The fourth-order valence-electron chi connectivity index (χ4n) is 2.49. The van der Waals surface area contributed by atoms with Crippen LogP contribution in [0.5, 0.6) is 0 Å². The molecule has 114 valence electrons. The lowest BCUT2D eigenvalue weighted by Gasteiger charge is -2.19. The molecule has 1 aliphatic rings. The minimum atomic E-state index is 0.828. The zero-order chi connectivity index (χ0) is 14.6. The van der Waals surface area contributed by atoms with Gasteiger partial charge in [0.05, 0.1) is 0 Å². The molecule has 0 radical (unpaired) electrons. The van der Waals surface area contributed by atoms with E-state index >= 15 is 0 Å². The zero-order valence-corrected chi connectivity index (χ0v) is 12.9. The monoisotopic (exact) mass is 285 g/mol. The minimum Gasteiger partial charge on any atom is -0.358 e. The Kier molecular flexibility index (Phi) is 7.63. The van der Waals surface area contributed by atoms with Crippen molar-refractivity contribution in [1.82, 2.24) is 10.2 Å². The summed E-state index contributed by atoms with van der Waals surface area (Å²) in [7, 11) is 0. The van der Waals surface area contributed by atoms with Gasteiger partial charge in [0.15, 0.2) is 0 Å². The van der Waals surface area contributed by atoms with E-state index in [1.165, 1.54) is 37.7 Å². The summed E-state index contributed by atoms with van der Waals surface area (Å²) in [5, 5.41) is 3.54. The molecule has 1 aromatic carbocycles. The van der Waals surface area contributed by atoms with Gasteiger partial charge >= 0.3 is 0 Å². The summed E-state index contributed by atoms with van der Waals surface area (Å²) >= 11 is 0. The highest BCUT2D eigenvalue weighted by Crippen LogP contribution is 2.03. The number of nitrogens with zero attached hydrogens (tertiary/aromatic N) is 2. The number of nitrogens with one attached hydrogen (secondary N) is 1. The Balaban J connectivity index is 1.37. The van der Waals surface area contributed by atoms with Crippen molar-refractivity contribution < 1.29 is 0 Å². The Bertz CT molecular complexity index is 425. The van der Waals surface area contributed by atoms with Crippen LogP contribution in [0, 0.1) is 0 Å². The van der Waals surface area contributed by atoms with E-state index in [2.05, 4.69) is 51.7 Å². The molecule has 0 aliphatic carbocycles. The van der Waals surface area contributed by atoms with E-state index in [1.54, 1.807) is 0 Å². The topological polar surface area (TPSA) is 27.6 Å². The Hall–Kier alpha value is -1.61. The van der Waals surface area contributed by atoms with Crippen LogP contribution in [0.4, 0.5) is 0 Å². The van der Waals surface area contributed by atoms with Crippen LogP contribution < -0.4 is 5.32 Å². The fraction of sp³-hybridized carbons (Fsp3) is 0.500. The summed E-state index contributed by atoms with van der Waals surface area (Å²) in [6, 6.07) is 10.7. The van der Waals surface area contributed by atoms with E-state index < -0.39 is 0 Å². The SMILES string of the molecule is C1=CN(CCCCCNCCCc2ccccc2)CN=C1. The lowest BCUT2D eigenvalue weighted by molar-refractivity contribution is 0.371. The van der Waals surface area contributed by atoms with Crippen molar-refractivity contribution in [2.24, 2.45) is 4.99 Å². The minimum absolute atomic E-state index is 0.828. The maximum Gasteiger partial charge on any atom is 0.109 e. The zero-order valence-electron chi connectivity index (χ0n) is 12.9. The van der Waals surface area contributed by atoms with Gasteiger partial charge in [0.2, 0.25) is 0 Å². The van der Waals surface area contributed by atoms with Gasteiger partial charge in [-0.05, 0) is 50.4 Å². The molecule has 0 bridgehead atoms.